The van der Waals surface area contributed by atoms with Crippen molar-refractivity contribution in [2.24, 2.45) is 0 Å². The van der Waals surface area contributed by atoms with E-state index in [0.29, 0.717) is 18.6 Å². The van der Waals surface area contributed by atoms with Gasteiger partial charge >= 0.3 is 0 Å². The Balaban J connectivity index is 2.31. The summed E-state index contributed by atoms with van der Waals surface area (Å²) in [7, 11) is -1.79. The fourth-order valence-corrected chi connectivity index (χ4v) is 5.09. The largest absolute Gasteiger partial charge is 0.497 e. The summed E-state index contributed by atoms with van der Waals surface area (Å²) >= 11 is 6.21. The van der Waals surface area contributed by atoms with Crippen LogP contribution in [-0.2, 0) is 9.84 Å². The molecular weight excluding hydrogens is 291 g/mol. The summed E-state index contributed by atoms with van der Waals surface area (Å²) in [6, 6.07) is 4.30. The number of hydrogen-bond donors (Lipinski definition) is 0. The van der Waals surface area contributed by atoms with Crippen LogP contribution in [0.5, 0.6) is 5.75 Å². The van der Waals surface area contributed by atoms with Gasteiger partial charge in [0, 0.05) is 11.6 Å². The van der Waals surface area contributed by atoms with Gasteiger partial charge in [-0.15, -0.1) is 11.6 Å². The molecule has 0 bridgehead atoms. The van der Waals surface area contributed by atoms with E-state index in [1.807, 2.05) is 0 Å². The molecular formula is C13H16ClFO3S. The third-order valence-corrected chi connectivity index (χ3v) is 6.44. The van der Waals surface area contributed by atoms with Crippen molar-refractivity contribution in [1.29, 1.82) is 0 Å². The highest BCUT2D eigenvalue weighted by Gasteiger charge is 2.36. The van der Waals surface area contributed by atoms with Gasteiger partial charge in [-0.3, -0.25) is 0 Å². The van der Waals surface area contributed by atoms with E-state index in [0.717, 1.165) is 6.42 Å². The van der Waals surface area contributed by atoms with E-state index >= 15 is 0 Å². The molecule has 106 valence electrons. The second-order valence-electron chi connectivity index (χ2n) is 4.69. The molecule has 0 amide bonds. The van der Waals surface area contributed by atoms with Gasteiger partial charge in [-0.05, 0) is 18.9 Å². The topological polar surface area (TPSA) is 43.4 Å². The van der Waals surface area contributed by atoms with Crippen molar-refractivity contribution in [2.75, 3.05) is 12.9 Å². The van der Waals surface area contributed by atoms with Gasteiger partial charge in [0.1, 0.15) is 11.6 Å². The molecule has 3 nitrogen and oxygen atoms in total. The Hall–Kier alpha value is -0.810. The maximum atomic E-state index is 13.9. The molecule has 2 rings (SSSR count). The minimum absolute atomic E-state index is 0.138. The summed E-state index contributed by atoms with van der Waals surface area (Å²) in [5, 5.41) is -1.55. The highest BCUT2D eigenvalue weighted by atomic mass is 35.5. The summed E-state index contributed by atoms with van der Waals surface area (Å²) in [5.41, 5.74) is 0.220. The predicted octanol–water partition coefficient (Wildman–Crippen LogP) is 3.08. The summed E-state index contributed by atoms with van der Waals surface area (Å²) < 4.78 is 42.8. The van der Waals surface area contributed by atoms with E-state index in [1.54, 1.807) is 6.07 Å². The van der Waals surface area contributed by atoms with E-state index in [2.05, 4.69) is 0 Å². The van der Waals surface area contributed by atoms with Crippen LogP contribution in [0, 0.1) is 5.82 Å². The lowest BCUT2D eigenvalue weighted by Gasteiger charge is -2.26. The maximum Gasteiger partial charge on any atom is 0.154 e. The summed E-state index contributed by atoms with van der Waals surface area (Å²) in [5.74, 6) is -0.00435. The van der Waals surface area contributed by atoms with Crippen molar-refractivity contribution in [2.45, 2.75) is 29.9 Å². The quantitative estimate of drug-likeness (QED) is 0.806. The third kappa shape index (κ3) is 3.03. The van der Waals surface area contributed by atoms with Crippen LogP contribution in [0.3, 0.4) is 0 Å². The number of hydrogen-bond acceptors (Lipinski definition) is 3. The van der Waals surface area contributed by atoms with Crippen molar-refractivity contribution in [3.63, 3.8) is 0 Å². The molecule has 1 fully saturated rings. The van der Waals surface area contributed by atoms with Crippen molar-refractivity contribution in [3.05, 3.63) is 29.6 Å². The normalized spacial score (nSPS) is 23.8. The van der Waals surface area contributed by atoms with Gasteiger partial charge in [-0.1, -0.05) is 12.5 Å². The number of benzene rings is 1. The maximum absolute atomic E-state index is 13.9. The Bertz CT molecular complexity index is 559. The SMILES string of the molecule is COc1ccc(C(Cl)C2CCCCS2(=O)=O)c(F)c1. The molecule has 0 radical (unpaired) electrons. The average Bonchev–Trinajstić information content (AvgIpc) is 2.37. The molecule has 6 heteroatoms. The number of halogens is 2. The van der Waals surface area contributed by atoms with Crippen LogP contribution in [0.4, 0.5) is 4.39 Å². The highest BCUT2D eigenvalue weighted by molar-refractivity contribution is 7.92. The highest BCUT2D eigenvalue weighted by Crippen LogP contribution is 2.37. The molecule has 0 spiro atoms. The monoisotopic (exact) mass is 306 g/mol. The molecule has 1 aliphatic rings. The molecule has 1 saturated heterocycles. The molecule has 1 aromatic rings. The summed E-state index contributed by atoms with van der Waals surface area (Å²) in [6.07, 6.45) is 1.96. The number of alkyl halides is 1. The zero-order valence-corrected chi connectivity index (χ0v) is 12.2. The number of rotatable bonds is 3. The molecule has 0 aromatic heterocycles. The summed E-state index contributed by atoms with van der Waals surface area (Å²) in [4.78, 5) is 0. The van der Waals surface area contributed by atoms with Gasteiger partial charge in [0.15, 0.2) is 9.84 Å². The van der Waals surface area contributed by atoms with Gasteiger partial charge in [0.2, 0.25) is 0 Å². The van der Waals surface area contributed by atoms with Crippen LogP contribution >= 0.6 is 11.6 Å². The van der Waals surface area contributed by atoms with Crippen molar-refractivity contribution in [1.82, 2.24) is 0 Å². The molecule has 1 heterocycles. The van der Waals surface area contributed by atoms with Crippen LogP contribution < -0.4 is 4.74 Å². The average molecular weight is 307 g/mol. The van der Waals surface area contributed by atoms with E-state index in [1.165, 1.54) is 19.2 Å². The lowest BCUT2D eigenvalue weighted by atomic mass is 10.0. The summed E-state index contributed by atoms with van der Waals surface area (Å²) in [6.45, 7) is 0. The number of ether oxygens (including phenoxy) is 1. The first-order chi connectivity index (χ1) is 8.95. The second kappa shape index (κ2) is 5.67. The minimum atomic E-state index is -3.23. The van der Waals surface area contributed by atoms with Gasteiger partial charge < -0.3 is 4.74 Å². The first-order valence-electron chi connectivity index (χ1n) is 6.15. The molecule has 2 unspecified atom stereocenters. The molecule has 19 heavy (non-hydrogen) atoms. The zero-order valence-electron chi connectivity index (χ0n) is 10.6. The Morgan fingerprint density at radius 2 is 2.16 bits per heavy atom. The molecule has 0 aliphatic carbocycles. The van der Waals surface area contributed by atoms with Crippen LogP contribution in [-0.4, -0.2) is 26.5 Å². The van der Waals surface area contributed by atoms with Gasteiger partial charge in [-0.2, -0.15) is 0 Å². The fraction of sp³-hybridized carbons (Fsp3) is 0.538. The van der Waals surface area contributed by atoms with E-state index in [-0.39, 0.29) is 11.3 Å². The van der Waals surface area contributed by atoms with Crippen molar-refractivity contribution >= 4 is 21.4 Å². The zero-order chi connectivity index (χ0) is 14.0. The number of methoxy groups -OCH3 is 1. The lowest BCUT2D eigenvalue weighted by Crippen LogP contribution is -2.32. The molecule has 1 aromatic carbocycles. The van der Waals surface area contributed by atoms with Gasteiger partial charge in [0.05, 0.1) is 23.5 Å². The minimum Gasteiger partial charge on any atom is -0.497 e. The Kier molecular flexibility index (Phi) is 4.36. The molecule has 0 saturated carbocycles. The Labute approximate surface area is 117 Å². The lowest BCUT2D eigenvalue weighted by molar-refractivity contribution is 0.410. The smallest absolute Gasteiger partial charge is 0.154 e. The van der Waals surface area contributed by atoms with Crippen molar-refractivity contribution in [3.8, 4) is 5.75 Å². The Morgan fingerprint density at radius 1 is 1.42 bits per heavy atom. The fourth-order valence-electron chi connectivity index (χ4n) is 2.37. The molecule has 2 atom stereocenters. The predicted molar refractivity (Wildman–Crippen MR) is 73.0 cm³/mol. The van der Waals surface area contributed by atoms with Crippen LogP contribution in [0.15, 0.2) is 18.2 Å². The van der Waals surface area contributed by atoms with E-state index in [9.17, 15) is 12.8 Å². The second-order valence-corrected chi connectivity index (χ2v) is 7.50. The first kappa shape index (κ1) is 14.6. The van der Waals surface area contributed by atoms with E-state index in [4.69, 9.17) is 16.3 Å². The standard InChI is InChI=1S/C13H16ClFO3S/c1-18-9-5-6-10(11(15)8-9)13(14)12-4-2-3-7-19(12,16)17/h5-6,8,12-13H,2-4,7H2,1H3. The van der Waals surface area contributed by atoms with Crippen LogP contribution in [0.25, 0.3) is 0 Å². The number of sulfone groups is 1. The Morgan fingerprint density at radius 3 is 2.74 bits per heavy atom. The molecule has 0 N–H and O–H groups in total. The third-order valence-electron chi connectivity index (χ3n) is 3.46. The first-order valence-corrected chi connectivity index (χ1v) is 8.30. The van der Waals surface area contributed by atoms with E-state index < -0.39 is 26.3 Å². The molecule has 1 aliphatic heterocycles. The van der Waals surface area contributed by atoms with Crippen LogP contribution in [0.2, 0.25) is 0 Å². The van der Waals surface area contributed by atoms with Crippen LogP contribution in [0.1, 0.15) is 30.2 Å². The van der Waals surface area contributed by atoms with Gasteiger partial charge in [-0.25, -0.2) is 12.8 Å². The van der Waals surface area contributed by atoms with Gasteiger partial charge in [0.25, 0.3) is 0 Å². The van der Waals surface area contributed by atoms with Crippen molar-refractivity contribution < 1.29 is 17.5 Å².